The highest BCUT2D eigenvalue weighted by Gasteiger charge is 2.35. The van der Waals surface area contributed by atoms with Crippen molar-refractivity contribution in [3.05, 3.63) is 131 Å². The maximum absolute atomic E-state index is 12.6. The fraction of sp³-hybridized carbons (Fsp3) is 0.364. The Kier molecular flexibility index (Phi) is 14.6. The summed E-state index contributed by atoms with van der Waals surface area (Å²) in [4.78, 5) is 66.6. The average Bonchev–Trinajstić information content (AvgIpc) is 3.41. The van der Waals surface area contributed by atoms with E-state index in [-0.39, 0.29) is 36.1 Å². The summed E-state index contributed by atoms with van der Waals surface area (Å²) in [6.07, 6.45) is 3.39. The van der Waals surface area contributed by atoms with E-state index in [1.165, 1.54) is 58.7 Å². The SMILES string of the molecule is C=CC(=O)N1CCN(c2nc(C(=O)OC)nc3c2CCN(c2cccc4cccc(C)c24)C3)C[C@@H]1CC#N.COC(=O)c1nc2c(c(N3CCN[C@@H](CC#N)C3)n1)CCN(c1cccc3cccc(C)c13)C2. The second-order valence-corrected chi connectivity index (χ2v) is 18.5. The van der Waals surface area contributed by atoms with Gasteiger partial charge in [0.15, 0.2) is 0 Å². The molecule has 0 radical (unpaired) electrons. The lowest BCUT2D eigenvalue weighted by molar-refractivity contribution is -0.128. The number of fused-ring (bicyclic) bond motifs is 4. The van der Waals surface area contributed by atoms with Crippen molar-refractivity contribution in [2.24, 2.45) is 0 Å². The van der Waals surface area contributed by atoms with Crippen molar-refractivity contribution in [3.8, 4) is 12.1 Å². The molecule has 10 rings (SSSR count). The summed E-state index contributed by atoms with van der Waals surface area (Å²) < 4.78 is 9.94. The van der Waals surface area contributed by atoms with Crippen LogP contribution in [0.1, 0.15) is 67.7 Å². The zero-order valence-corrected chi connectivity index (χ0v) is 41.2. The van der Waals surface area contributed by atoms with Crippen LogP contribution in [-0.2, 0) is 40.2 Å². The fourth-order valence-corrected chi connectivity index (χ4v) is 10.7. The maximum atomic E-state index is 12.6. The number of ether oxygens (including phenoxy) is 2. The van der Waals surface area contributed by atoms with Crippen LogP contribution in [0.2, 0.25) is 0 Å². The molecule has 17 nitrogen and oxygen atoms in total. The van der Waals surface area contributed by atoms with Crippen molar-refractivity contribution in [3.63, 3.8) is 0 Å². The molecular formula is C55H58N12O5. The standard InChI is InChI=1S/C29H30N6O3.C26H28N6O2/c1-4-25(36)35-16-15-34(17-21(35)11-13-30)28-22-12-14-33(18-23(22)31-27(32-28)29(37)38-3)24-10-6-9-20-8-5-7-19(2)26(20)24;1-17-5-3-6-18-7-4-8-22(23(17)18)31-13-10-20-21(16-31)29-24(26(33)34-2)30-25(20)32-14-12-28-19(15-32)9-11-27/h4-10,21H,1,11-12,14-18H2,2-3H3;3-8,19,28H,9-10,12-16H2,1-2H3/t21-;19-/m00/s1. The normalized spacial score (nSPS) is 17.4. The zero-order valence-electron chi connectivity index (χ0n) is 41.2. The quantitative estimate of drug-likeness (QED) is 0.124. The molecule has 2 atom stereocenters. The van der Waals surface area contributed by atoms with Gasteiger partial charge in [-0.15, -0.1) is 0 Å². The highest BCUT2D eigenvalue weighted by molar-refractivity contribution is 5.98. The molecule has 72 heavy (non-hydrogen) atoms. The maximum Gasteiger partial charge on any atom is 0.376 e. The van der Waals surface area contributed by atoms with Crippen LogP contribution >= 0.6 is 0 Å². The molecule has 1 N–H and O–H groups in total. The van der Waals surface area contributed by atoms with Crippen molar-refractivity contribution in [1.82, 2.24) is 30.2 Å². The minimum atomic E-state index is -0.596. The van der Waals surface area contributed by atoms with Crippen LogP contribution in [0.3, 0.4) is 0 Å². The molecule has 2 fully saturated rings. The van der Waals surface area contributed by atoms with Gasteiger partial charge in [-0.1, -0.05) is 67.2 Å². The second kappa shape index (κ2) is 21.5. The summed E-state index contributed by atoms with van der Waals surface area (Å²) in [5, 5.41) is 26.8. The Morgan fingerprint density at radius 1 is 0.667 bits per heavy atom. The Labute approximate surface area is 419 Å². The number of carbonyl (C=O) groups excluding carboxylic acids is 3. The molecule has 0 aliphatic carbocycles. The molecule has 4 aliphatic rings. The third kappa shape index (κ3) is 9.80. The lowest BCUT2D eigenvalue weighted by atomic mass is 9.99. The second-order valence-electron chi connectivity index (χ2n) is 18.5. The Bertz CT molecular complexity index is 3160. The summed E-state index contributed by atoms with van der Waals surface area (Å²) in [5.41, 5.74) is 8.48. The molecule has 6 aromatic rings. The topological polar surface area (TPSA) is 197 Å². The van der Waals surface area contributed by atoms with Crippen LogP contribution in [0, 0.1) is 36.5 Å². The molecular weight excluding hydrogens is 909 g/mol. The van der Waals surface area contributed by atoms with Crippen LogP contribution < -0.4 is 24.9 Å². The van der Waals surface area contributed by atoms with Gasteiger partial charge >= 0.3 is 11.9 Å². The van der Waals surface area contributed by atoms with Crippen LogP contribution in [0.5, 0.6) is 0 Å². The van der Waals surface area contributed by atoms with Crippen molar-refractivity contribution in [2.75, 3.05) is 86.2 Å². The van der Waals surface area contributed by atoms with Crippen LogP contribution in [0.15, 0.2) is 85.5 Å². The number of rotatable bonds is 9. The average molecular weight is 967 g/mol. The zero-order chi connectivity index (χ0) is 50.5. The van der Waals surface area contributed by atoms with E-state index >= 15 is 0 Å². The van der Waals surface area contributed by atoms with E-state index in [0.29, 0.717) is 57.9 Å². The van der Waals surface area contributed by atoms with E-state index in [1.54, 1.807) is 4.90 Å². The summed E-state index contributed by atoms with van der Waals surface area (Å²) in [6.45, 7) is 14.2. The van der Waals surface area contributed by atoms with Gasteiger partial charge in [0, 0.05) is 91.7 Å². The van der Waals surface area contributed by atoms with Crippen molar-refractivity contribution in [2.45, 2.75) is 64.7 Å². The smallest absolute Gasteiger partial charge is 0.376 e. The van der Waals surface area contributed by atoms with Gasteiger partial charge in [0.05, 0.1) is 69.7 Å². The monoisotopic (exact) mass is 966 g/mol. The number of hydrogen-bond acceptors (Lipinski definition) is 16. The predicted molar refractivity (Wildman–Crippen MR) is 276 cm³/mol. The van der Waals surface area contributed by atoms with Gasteiger partial charge in [0.1, 0.15) is 11.6 Å². The van der Waals surface area contributed by atoms with E-state index in [0.717, 1.165) is 66.6 Å². The minimum absolute atomic E-state index is 0.0126. The number of aromatic nitrogens is 4. The third-order valence-corrected chi connectivity index (χ3v) is 14.1. The lowest BCUT2D eigenvalue weighted by Gasteiger charge is -2.42. The Balaban J connectivity index is 0.000000179. The number of benzene rings is 4. The molecule has 6 heterocycles. The molecule has 17 heteroatoms. The molecule has 1 amide bonds. The summed E-state index contributed by atoms with van der Waals surface area (Å²) in [5.74, 6) is 0.251. The van der Waals surface area contributed by atoms with Gasteiger partial charge < -0.3 is 39.3 Å². The number of nitrogens with zero attached hydrogens (tertiary/aromatic N) is 11. The number of carbonyl (C=O) groups is 3. The number of nitriles is 2. The van der Waals surface area contributed by atoms with Gasteiger partial charge in [-0.2, -0.15) is 10.5 Å². The summed E-state index contributed by atoms with van der Waals surface area (Å²) in [6, 6.07) is 29.6. The van der Waals surface area contributed by atoms with Gasteiger partial charge in [-0.25, -0.2) is 29.5 Å². The van der Waals surface area contributed by atoms with E-state index in [4.69, 9.17) is 14.7 Å². The van der Waals surface area contributed by atoms with Gasteiger partial charge in [-0.05, 0) is 66.8 Å². The Morgan fingerprint density at radius 3 is 1.65 bits per heavy atom. The molecule has 368 valence electrons. The van der Waals surface area contributed by atoms with Crippen molar-refractivity contribution < 1.29 is 23.9 Å². The molecule has 2 aromatic heterocycles. The number of nitrogens with one attached hydrogen (secondary N) is 1. The highest BCUT2D eigenvalue weighted by atomic mass is 16.5. The first-order valence-corrected chi connectivity index (χ1v) is 24.4. The highest BCUT2D eigenvalue weighted by Crippen LogP contribution is 2.37. The van der Waals surface area contributed by atoms with Crippen LogP contribution in [0.4, 0.5) is 23.0 Å². The number of aryl methyl sites for hydroxylation is 2. The summed E-state index contributed by atoms with van der Waals surface area (Å²) >= 11 is 0. The Hall–Kier alpha value is -8.15. The van der Waals surface area contributed by atoms with Crippen molar-refractivity contribution >= 4 is 62.4 Å². The third-order valence-electron chi connectivity index (χ3n) is 14.1. The first kappa shape index (κ1) is 48.9. The minimum Gasteiger partial charge on any atom is -0.463 e. The molecule has 4 aromatic carbocycles. The fourth-order valence-electron chi connectivity index (χ4n) is 10.7. The van der Waals surface area contributed by atoms with Gasteiger partial charge in [-0.3, -0.25) is 4.79 Å². The van der Waals surface area contributed by atoms with Gasteiger partial charge in [0.2, 0.25) is 17.6 Å². The van der Waals surface area contributed by atoms with E-state index in [2.05, 4.69) is 150 Å². The molecule has 0 bridgehead atoms. The van der Waals surface area contributed by atoms with E-state index in [1.807, 2.05) is 0 Å². The number of anilines is 4. The number of methoxy groups -OCH3 is 2. The lowest BCUT2D eigenvalue weighted by Crippen LogP contribution is -2.55. The molecule has 4 aliphatic heterocycles. The predicted octanol–water partition coefficient (Wildman–Crippen LogP) is 6.38. The van der Waals surface area contributed by atoms with E-state index in [9.17, 15) is 19.6 Å². The molecule has 0 spiro atoms. The van der Waals surface area contributed by atoms with Crippen LogP contribution in [-0.4, -0.2) is 121 Å². The van der Waals surface area contributed by atoms with Gasteiger partial charge in [0.25, 0.3) is 0 Å². The number of amides is 1. The molecule has 2 saturated heterocycles. The number of hydrogen-bond donors (Lipinski definition) is 1. The van der Waals surface area contributed by atoms with E-state index < -0.39 is 11.9 Å². The largest absolute Gasteiger partial charge is 0.463 e. The molecule has 0 unspecified atom stereocenters. The first-order valence-electron chi connectivity index (χ1n) is 24.4. The summed E-state index contributed by atoms with van der Waals surface area (Å²) in [7, 11) is 2.67. The molecule has 0 saturated carbocycles. The van der Waals surface area contributed by atoms with Crippen molar-refractivity contribution in [1.29, 1.82) is 10.5 Å². The van der Waals surface area contributed by atoms with Crippen LogP contribution in [0.25, 0.3) is 21.5 Å². The number of piperazine rings is 2. The Morgan fingerprint density at radius 2 is 1.17 bits per heavy atom. The number of esters is 2. The first-order chi connectivity index (χ1) is 35.0.